The number of pyridine rings is 2. The van der Waals surface area contributed by atoms with Crippen LogP contribution in [-0.2, 0) is 13.2 Å². The van der Waals surface area contributed by atoms with Crippen LogP contribution in [0.25, 0.3) is 0 Å². The number of carbonyl (C=O) groups excluding carboxylic acids is 1. The van der Waals surface area contributed by atoms with E-state index in [1.165, 1.54) is 4.90 Å². The Labute approximate surface area is 145 Å². The Morgan fingerprint density at radius 1 is 1.24 bits per heavy atom. The summed E-state index contributed by atoms with van der Waals surface area (Å²) in [7, 11) is 1.69. The van der Waals surface area contributed by atoms with Gasteiger partial charge in [-0.25, -0.2) is 0 Å². The number of nitrogens with zero attached hydrogens (tertiary/aromatic N) is 4. The number of aryl methyl sites for hydroxylation is 1. The summed E-state index contributed by atoms with van der Waals surface area (Å²) in [5.41, 5.74) is 1.95. The molecule has 0 spiro atoms. The normalized spacial score (nSPS) is 10.5. The topological polar surface area (TPSA) is 81.4 Å². The second-order valence-electron chi connectivity index (χ2n) is 5.58. The fraction of sp³-hybridized carbons (Fsp3) is 0.222. The lowest BCUT2D eigenvalue weighted by Gasteiger charge is -2.14. The van der Waals surface area contributed by atoms with Gasteiger partial charge in [-0.2, -0.15) is 0 Å². The number of amides is 1. The van der Waals surface area contributed by atoms with Gasteiger partial charge in [-0.05, 0) is 31.2 Å². The van der Waals surface area contributed by atoms with Gasteiger partial charge in [0.25, 0.3) is 5.91 Å². The van der Waals surface area contributed by atoms with Gasteiger partial charge < -0.3 is 14.2 Å². The minimum absolute atomic E-state index is 0.176. The van der Waals surface area contributed by atoms with Crippen LogP contribution in [0, 0.1) is 6.92 Å². The van der Waals surface area contributed by atoms with Crippen molar-refractivity contribution in [1.29, 1.82) is 0 Å². The van der Waals surface area contributed by atoms with Gasteiger partial charge in [0.2, 0.25) is 0 Å². The van der Waals surface area contributed by atoms with Gasteiger partial charge in [0.05, 0.1) is 18.4 Å². The predicted molar refractivity (Wildman–Crippen MR) is 89.8 cm³/mol. The molecule has 0 saturated carbocycles. The van der Waals surface area contributed by atoms with Gasteiger partial charge >= 0.3 is 0 Å². The third-order valence-corrected chi connectivity index (χ3v) is 3.52. The highest BCUT2D eigenvalue weighted by atomic mass is 16.5. The van der Waals surface area contributed by atoms with Crippen LogP contribution in [0.4, 0.5) is 0 Å². The van der Waals surface area contributed by atoms with Crippen LogP contribution in [0.5, 0.6) is 5.75 Å². The molecule has 0 aliphatic heterocycles. The van der Waals surface area contributed by atoms with Crippen molar-refractivity contribution in [3.05, 3.63) is 71.6 Å². The largest absolute Gasteiger partial charge is 0.484 e. The first-order valence-corrected chi connectivity index (χ1v) is 7.78. The molecule has 3 heterocycles. The van der Waals surface area contributed by atoms with Crippen molar-refractivity contribution in [2.24, 2.45) is 0 Å². The molecule has 25 heavy (non-hydrogen) atoms. The monoisotopic (exact) mass is 338 g/mol. The number of rotatable bonds is 6. The summed E-state index contributed by atoms with van der Waals surface area (Å²) in [5, 5.41) is 3.82. The summed E-state index contributed by atoms with van der Waals surface area (Å²) < 4.78 is 10.7. The minimum atomic E-state index is -0.238. The summed E-state index contributed by atoms with van der Waals surface area (Å²) in [6, 6.07) is 10.8. The van der Waals surface area contributed by atoms with E-state index in [1.54, 1.807) is 25.5 Å². The van der Waals surface area contributed by atoms with Gasteiger partial charge in [0.15, 0.2) is 11.5 Å². The second-order valence-corrected chi connectivity index (χ2v) is 5.58. The maximum absolute atomic E-state index is 12.4. The van der Waals surface area contributed by atoms with E-state index in [1.807, 2.05) is 37.3 Å². The van der Waals surface area contributed by atoms with Crippen molar-refractivity contribution in [1.82, 2.24) is 20.0 Å². The van der Waals surface area contributed by atoms with Crippen molar-refractivity contribution < 1.29 is 14.1 Å². The average Bonchev–Trinajstić information content (AvgIpc) is 3.10. The van der Waals surface area contributed by atoms with Crippen molar-refractivity contribution in [3.8, 4) is 5.75 Å². The van der Waals surface area contributed by atoms with Crippen LogP contribution >= 0.6 is 0 Å². The molecule has 0 aromatic carbocycles. The number of hydrogen-bond donors (Lipinski definition) is 0. The van der Waals surface area contributed by atoms with Crippen LogP contribution in [0.1, 0.15) is 27.6 Å². The average molecular weight is 338 g/mol. The van der Waals surface area contributed by atoms with Crippen molar-refractivity contribution in [2.75, 3.05) is 7.05 Å². The predicted octanol–water partition coefficient (Wildman–Crippen LogP) is 2.62. The Kier molecular flexibility index (Phi) is 5.03. The summed E-state index contributed by atoms with van der Waals surface area (Å²) in [5.74, 6) is 0.856. The maximum atomic E-state index is 12.4. The van der Waals surface area contributed by atoms with E-state index in [0.29, 0.717) is 18.1 Å². The van der Waals surface area contributed by atoms with Gasteiger partial charge in [0.1, 0.15) is 12.4 Å². The maximum Gasteiger partial charge on any atom is 0.276 e. The van der Waals surface area contributed by atoms with E-state index in [0.717, 1.165) is 11.4 Å². The number of carbonyl (C=O) groups is 1. The summed E-state index contributed by atoms with van der Waals surface area (Å²) in [4.78, 5) is 22.3. The highest BCUT2D eigenvalue weighted by molar-refractivity contribution is 5.92. The molecule has 0 saturated heterocycles. The van der Waals surface area contributed by atoms with E-state index >= 15 is 0 Å². The molecule has 128 valence electrons. The molecule has 0 aliphatic carbocycles. The van der Waals surface area contributed by atoms with E-state index in [9.17, 15) is 4.79 Å². The van der Waals surface area contributed by atoms with Gasteiger partial charge in [-0.3, -0.25) is 14.8 Å². The van der Waals surface area contributed by atoms with E-state index in [2.05, 4.69) is 15.1 Å². The van der Waals surface area contributed by atoms with Crippen LogP contribution in [0.2, 0.25) is 0 Å². The van der Waals surface area contributed by atoms with Crippen molar-refractivity contribution >= 4 is 5.91 Å². The van der Waals surface area contributed by atoms with Crippen LogP contribution in [0.15, 0.2) is 53.3 Å². The molecule has 0 aliphatic rings. The number of hydrogen-bond acceptors (Lipinski definition) is 6. The molecular weight excluding hydrogens is 320 g/mol. The lowest BCUT2D eigenvalue weighted by molar-refractivity contribution is 0.0772. The Bertz CT molecular complexity index is 831. The van der Waals surface area contributed by atoms with Gasteiger partial charge in [-0.15, -0.1) is 0 Å². The van der Waals surface area contributed by atoms with E-state index in [4.69, 9.17) is 9.26 Å². The molecule has 0 unspecified atom stereocenters. The zero-order valence-corrected chi connectivity index (χ0v) is 14.0. The molecule has 7 heteroatoms. The molecule has 3 aromatic heterocycles. The van der Waals surface area contributed by atoms with Crippen LogP contribution in [0.3, 0.4) is 0 Å². The third-order valence-electron chi connectivity index (χ3n) is 3.52. The summed E-state index contributed by atoms with van der Waals surface area (Å²) in [6.07, 6.45) is 3.33. The molecular formula is C18H18N4O3. The smallest absolute Gasteiger partial charge is 0.276 e. The molecule has 0 atom stereocenters. The van der Waals surface area contributed by atoms with Crippen LogP contribution in [-0.4, -0.2) is 33.0 Å². The zero-order chi connectivity index (χ0) is 17.6. The van der Waals surface area contributed by atoms with E-state index < -0.39 is 0 Å². The molecule has 3 aromatic rings. The summed E-state index contributed by atoms with van der Waals surface area (Å²) in [6.45, 7) is 2.47. The van der Waals surface area contributed by atoms with Gasteiger partial charge in [0, 0.05) is 25.0 Å². The fourth-order valence-electron chi connectivity index (χ4n) is 2.18. The number of ether oxygens (including phenoxy) is 1. The molecule has 0 N–H and O–H groups in total. The summed E-state index contributed by atoms with van der Waals surface area (Å²) >= 11 is 0. The van der Waals surface area contributed by atoms with Crippen molar-refractivity contribution in [2.45, 2.75) is 20.1 Å². The highest BCUT2D eigenvalue weighted by Gasteiger charge is 2.17. The first kappa shape index (κ1) is 16.6. The molecule has 0 fully saturated rings. The van der Waals surface area contributed by atoms with Crippen LogP contribution < -0.4 is 4.74 Å². The Balaban J connectivity index is 1.58. The fourth-order valence-corrected chi connectivity index (χ4v) is 2.18. The molecule has 3 rings (SSSR count). The molecule has 1 amide bonds. The Hall–Kier alpha value is -3.22. The first-order valence-electron chi connectivity index (χ1n) is 7.78. The Morgan fingerprint density at radius 2 is 2.12 bits per heavy atom. The van der Waals surface area contributed by atoms with E-state index in [-0.39, 0.29) is 18.2 Å². The second kappa shape index (κ2) is 7.57. The third kappa shape index (κ3) is 4.41. The minimum Gasteiger partial charge on any atom is -0.484 e. The van der Waals surface area contributed by atoms with Gasteiger partial charge in [-0.1, -0.05) is 11.2 Å². The Morgan fingerprint density at radius 3 is 2.84 bits per heavy atom. The lowest BCUT2D eigenvalue weighted by atomic mass is 10.3. The molecule has 0 bridgehead atoms. The molecule has 0 radical (unpaired) electrons. The van der Waals surface area contributed by atoms with Crippen molar-refractivity contribution in [3.63, 3.8) is 0 Å². The standard InChI is InChI=1S/C18H18N4O3/c1-13-6-7-15(10-20-13)24-12-16-9-17(21-25-16)18(23)22(2)11-14-5-3-4-8-19-14/h3-10H,11-12H2,1-2H3. The quantitative estimate of drug-likeness (QED) is 0.687. The number of aromatic nitrogens is 3. The highest BCUT2D eigenvalue weighted by Crippen LogP contribution is 2.13. The SMILES string of the molecule is Cc1ccc(OCc2cc(C(=O)N(C)Cc3ccccn3)no2)cn1. The molecule has 7 nitrogen and oxygen atoms in total. The zero-order valence-electron chi connectivity index (χ0n) is 14.0. The first-order chi connectivity index (χ1) is 12.1. The lowest BCUT2D eigenvalue weighted by Crippen LogP contribution is -2.26.